The van der Waals surface area contributed by atoms with Gasteiger partial charge in [-0.25, -0.2) is 0 Å². The predicted molar refractivity (Wildman–Crippen MR) is 60.5 cm³/mol. The SMILES string of the molecule is COCCCOC1=CCC2=CCCC2=C1. The maximum absolute atomic E-state index is 5.67. The van der Waals surface area contributed by atoms with E-state index in [1.807, 2.05) is 0 Å². The fourth-order valence-corrected chi connectivity index (χ4v) is 2.01. The zero-order valence-corrected chi connectivity index (χ0v) is 9.29. The topological polar surface area (TPSA) is 18.5 Å². The highest BCUT2D eigenvalue weighted by atomic mass is 16.5. The summed E-state index contributed by atoms with van der Waals surface area (Å²) >= 11 is 0. The first-order valence-electron chi connectivity index (χ1n) is 5.62. The normalized spacial score (nSPS) is 19.1. The standard InChI is InChI=1S/C13H18O2/c1-14-8-3-9-15-13-7-6-11-4-2-5-12(11)10-13/h4,7,10H,2-3,5-6,8-9H2,1H3. The molecule has 2 nitrogen and oxygen atoms in total. The van der Waals surface area contributed by atoms with Crippen LogP contribution in [-0.2, 0) is 9.47 Å². The van der Waals surface area contributed by atoms with Crippen LogP contribution >= 0.6 is 0 Å². The van der Waals surface area contributed by atoms with E-state index in [2.05, 4.69) is 18.2 Å². The van der Waals surface area contributed by atoms with Gasteiger partial charge in [-0.3, -0.25) is 0 Å². The van der Waals surface area contributed by atoms with Crippen molar-refractivity contribution in [1.29, 1.82) is 0 Å². The summed E-state index contributed by atoms with van der Waals surface area (Å²) in [5.74, 6) is 1.04. The van der Waals surface area contributed by atoms with Crippen molar-refractivity contribution in [3.05, 3.63) is 35.1 Å². The number of hydrogen-bond donors (Lipinski definition) is 0. The van der Waals surface area contributed by atoms with Crippen molar-refractivity contribution in [2.45, 2.75) is 25.7 Å². The first-order valence-corrected chi connectivity index (χ1v) is 5.62. The Hall–Kier alpha value is -1.02. The summed E-state index contributed by atoms with van der Waals surface area (Å²) in [6.45, 7) is 1.53. The molecule has 0 spiro atoms. The van der Waals surface area contributed by atoms with E-state index < -0.39 is 0 Å². The Morgan fingerprint density at radius 3 is 3.00 bits per heavy atom. The molecule has 0 saturated carbocycles. The summed E-state index contributed by atoms with van der Waals surface area (Å²) in [6, 6.07) is 0. The van der Waals surface area contributed by atoms with Gasteiger partial charge < -0.3 is 9.47 Å². The van der Waals surface area contributed by atoms with Crippen molar-refractivity contribution in [2.24, 2.45) is 0 Å². The number of methoxy groups -OCH3 is 1. The second-order valence-corrected chi connectivity index (χ2v) is 3.94. The van der Waals surface area contributed by atoms with Gasteiger partial charge in [-0.2, -0.15) is 0 Å². The minimum Gasteiger partial charge on any atom is -0.494 e. The smallest absolute Gasteiger partial charge is 0.115 e. The van der Waals surface area contributed by atoms with Gasteiger partial charge in [0.25, 0.3) is 0 Å². The highest BCUT2D eigenvalue weighted by molar-refractivity contribution is 5.44. The van der Waals surface area contributed by atoms with E-state index in [0.29, 0.717) is 0 Å². The fraction of sp³-hybridized carbons (Fsp3) is 0.538. The van der Waals surface area contributed by atoms with Gasteiger partial charge >= 0.3 is 0 Å². The number of allylic oxidation sites excluding steroid dienone is 5. The molecule has 0 aromatic carbocycles. The van der Waals surface area contributed by atoms with E-state index in [-0.39, 0.29) is 0 Å². The van der Waals surface area contributed by atoms with Crippen molar-refractivity contribution in [2.75, 3.05) is 20.3 Å². The van der Waals surface area contributed by atoms with Gasteiger partial charge in [0.05, 0.1) is 6.61 Å². The Bertz CT molecular complexity index is 310. The lowest BCUT2D eigenvalue weighted by atomic mass is 10.0. The summed E-state index contributed by atoms with van der Waals surface area (Å²) in [7, 11) is 1.72. The quantitative estimate of drug-likeness (QED) is 0.644. The minimum absolute atomic E-state index is 0.752. The summed E-state index contributed by atoms with van der Waals surface area (Å²) in [5, 5.41) is 0. The Morgan fingerprint density at radius 1 is 1.20 bits per heavy atom. The summed E-state index contributed by atoms with van der Waals surface area (Å²) in [6.07, 6.45) is 11.1. The summed E-state index contributed by atoms with van der Waals surface area (Å²) in [4.78, 5) is 0. The fourth-order valence-electron chi connectivity index (χ4n) is 2.01. The second-order valence-electron chi connectivity index (χ2n) is 3.94. The first-order chi connectivity index (χ1) is 7.40. The lowest BCUT2D eigenvalue weighted by Gasteiger charge is -2.14. The van der Waals surface area contributed by atoms with Crippen LogP contribution in [0.2, 0.25) is 0 Å². The molecule has 82 valence electrons. The molecule has 0 unspecified atom stereocenters. The molecule has 2 rings (SSSR count). The first kappa shape index (κ1) is 10.5. The van der Waals surface area contributed by atoms with Crippen LogP contribution in [-0.4, -0.2) is 20.3 Å². The molecular formula is C13H18O2. The Labute approximate surface area is 91.3 Å². The van der Waals surface area contributed by atoms with Crippen LogP contribution in [0.15, 0.2) is 35.1 Å². The molecule has 0 fully saturated rings. The van der Waals surface area contributed by atoms with Crippen LogP contribution in [0.4, 0.5) is 0 Å². The molecule has 0 heterocycles. The third-order valence-electron chi connectivity index (χ3n) is 2.82. The Kier molecular flexibility index (Phi) is 3.62. The van der Waals surface area contributed by atoms with E-state index in [0.717, 1.165) is 31.8 Å². The average Bonchev–Trinajstić information content (AvgIpc) is 2.71. The zero-order chi connectivity index (χ0) is 10.5. The van der Waals surface area contributed by atoms with Crippen LogP contribution in [0.3, 0.4) is 0 Å². The van der Waals surface area contributed by atoms with Gasteiger partial charge in [0.1, 0.15) is 5.76 Å². The lowest BCUT2D eigenvalue weighted by molar-refractivity contribution is 0.148. The molecule has 0 N–H and O–H groups in total. The number of rotatable bonds is 5. The van der Waals surface area contributed by atoms with E-state index in [4.69, 9.17) is 9.47 Å². The van der Waals surface area contributed by atoms with Gasteiger partial charge in [-0.15, -0.1) is 0 Å². The molecule has 0 radical (unpaired) electrons. The van der Waals surface area contributed by atoms with E-state index in [9.17, 15) is 0 Å². The van der Waals surface area contributed by atoms with Gasteiger partial charge in [0, 0.05) is 20.1 Å². The molecule has 0 aromatic heterocycles. The van der Waals surface area contributed by atoms with Gasteiger partial charge in [-0.05, 0) is 42.6 Å². The predicted octanol–water partition coefficient (Wildman–Crippen LogP) is 2.97. The van der Waals surface area contributed by atoms with E-state index in [1.165, 1.54) is 24.0 Å². The summed E-state index contributed by atoms with van der Waals surface area (Å²) in [5.41, 5.74) is 2.97. The molecule has 0 bridgehead atoms. The number of fused-ring (bicyclic) bond motifs is 1. The number of hydrogen-bond acceptors (Lipinski definition) is 2. The molecule has 15 heavy (non-hydrogen) atoms. The van der Waals surface area contributed by atoms with Crippen molar-refractivity contribution >= 4 is 0 Å². The maximum atomic E-state index is 5.67. The van der Waals surface area contributed by atoms with Gasteiger partial charge in [0.15, 0.2) is 0 Å². The molecule has 0 saturated heterocycles. The molecule has 0 aromatic rings. The molecule has 2 aliphatic rings. The third-order valence-corrected chi connectivity index (χ3v) is 2.82. The average molecular weight is 206 g/mol. The van der Waals surface area contributed by atoms with Crippen molar-refractivity contribution in [3.8, 4) is 0 Å². The van der Waals surface area contributed by atoms with Crippen LogP contribution in [0.25, 0.3) is 0 Å². The molecular weight excluding hydrogens is 188 g/mol. The third kappa shape index (κ3) is 2.72. The van der Waals surface area contributed by atoms with E-state index >= 15 is 0 Å². The highest BCUT2D eigenvalue weighted by Gasteiger charge is 2.15. The van der Waals surface area contributed by atoms with Crippen LogP contribution in [0, 0.1) is 0 Å². The Balaban J connectivity index is 1.80. The second kappa shape index (κ2) is 5.17. The van der Waals surface area contributed by atoms with Crippen LogP contribution in [0.5, 0.6) is 0 Å². The van der Waals surface area contributed by atoms with Crippen molar-refractivity contribution in [1.82, 2.24) is 0 Å². The highest BCUT2D eigenvalue weighted by Crippen LogP contribution is 2.32. The molecule has 0 aliphatic heterocycles. The summed E-state index contributed by atoms with van der Waals surface area (Å²) < 4.78 is 10.6. The van der Waals surface area contributed by atoms with Gasteiger partial charge in [-0.1, -0.05) is 6.08 Å². The van der Waals surface area contributed by atoms with Crippen LogP contribution < -0.4 is 0 Å². The maximum Gasteiger partial charge on any atom is 0.115 e. The molecule has 2 aliphatic carbocycles. The monoisotopic (exact) mass is 206 g/mol. The molecule has 2 heteroatoms. The lowest BCUT2D eigenvalue weighted by Crippen LogP contribution is -2.01. The minimum atomic E-state index is 0.752. The Morgan fingerprint density at radius 2 is 2.13 bits per heavy atom. The number of ether oxygens (including phenoxy) is 2. The molecule has 0 atom stereocenters. The largest absolute Gasteiger partial charge is 0.494 e. The van der Waals surface area contributed by atoms with Gasteiger partial charge in [0.2, 0.25) is 0 Å². The van der Waals surface area contributed by atoms with Crippen molar-refractivity contribution in [3.63, 3.8) is 0 Å². The molecule has 0 amide bonds. The van der Waals surface area contributed by atoms with Crippen molar-refractivity contribution < 1.29 is 9.47 Å². The van der Waals surface area contributed by atoms with E-state index in [1.54, 1.807) is 7.11 Å². The van der Waals surface area contributed by atoms with Crippen LogP contribution in [0.1, 0.15) is 25.7 Å². The zero-order valence-electron chi connectivity index (χ0n) is 9.29.